The van der Waals surface area contributed by atoms with E-state index < -0.39 is 5.60 Å². The molecule has 0 N–H and O–H groups in total. The van der Waals surface area contributed by atoms with Crippen LogP contribution in [0.5, 0.6) is 0 Å². The second kappa shape index (κ2) is 5.84. The summed E-state index contributed by atoms with van der Waals surface area (Å²) in [4.78, 5) is 19.6. The van der Waals surface area contributed by atoms with E-state index in [1.54, 1.807) is 4.90 Å². The van der Waals surface area contributed by atoms with Crippen molar-refractivity contribution in [3.8, 4) is 0 Å². The molecule has 0 aromatic rings. The standard InChI is InChI=1S/C15H23N3O2/c1-15(2,3)20-14(19)18-9-7-17(8-10-18)13-6-5-12(11-13)16-4/h11,13H,5-10H2,1-3H3/t13-/m1/s1. The summed E-state index contributed by atoms with van der Waals surface area (Å²) < 4.78 is 5.39. The maximum atomic E-state index is 12.0. The molecule has 110 valence electrons. The van der Waals surface area contributed by atoms with Crippen molar-refractivity contribution >= 4 is 6.09 Å². The zero-order valence-corrected chi connectivity index (χ0v) is 12.6. The van der Waals surface area contributed by atoms with E-state index in [1.165, 1.54) is 0 Å². The van der Waals surface area contributed by atoms with Gasteiger partial charge in [0.05, 0.1) is 6.57 Å². The molecule has 1 amide bonds. The molecule has 0 saturated carbocycles. The molecule has 2 rings (SSSR count). The predicted molar refractivity (Wildman–Crippen MR) is 77.1 cm³/mol. The number of nitrogens with zero attached hydrogens (tertiary/aromatic N) is 3. The fourth-order valence-corrected chi connectivity index (χ4v) is 2.63. The predicted octanol–water partition coefficient (Wildman–Crippen LogP) is 2.50. The van der Waals surface area contributed by atoms with E-state index in [0.29, 0.717) is 19.1 Å². The average Bonchev–Trinajstić information content (AvgIpc) is 2.85. The largest absolute Gasteiger partial charge is 0.444 e. The van der Waals surface area contributed by atoms with E-state index in [-0.39, 0.29) is 6.09 Å². The number of piperazine rings is 1. The van der Waals surface area contributed by atoms with Gasteiger partial charge in [0.1, 0.15) is 5.60 Å². The van der Waals surface area contributed by atoms with E-state index in [2.05, 4.69) is 15.8 Å². The van der Waals surface area contributed by atoms with Crippen LogP contribution in [0, 0.1) is 6.57 Å². The quantitative estimate of drug-likeness (QED) is 0.691. The Balaban J connectivity index is 1.83. The van der Waals surface area contributed by atoms with Crippen molar-refractivity contribution in [3.05, 3.63) is 23.2 Å². The Morgan fingerprint density at radius 1 is 1.35 bits per heavy atom. The molecule has 1 aliphatic carbocycles. The molecule has 0 spiro atoms. The minimum Gasteiger partial charge on any atom is -0.444 e. The van der Waals surface area contributed by atoms with Crippen molar-refractivity contribution in [1.82, 2.24) is 9.80 Å². The van der Waals surface area contributed by atoms with Crippen molar-refractivity contribution in [2.24, 2.45) is 0 Å². The first-order valence-electron chi connectivity index (χ1n) is 7.19. The van der Waals surface area contributed by atoms with Gasteiger partial charge in [0.25, 0.3) is 0 Å². The highest BCUT2D eigenvalue weighted by molar-refractivity contribution is 5.68. The molecule has 0 aromatic carbocycles. The van der Waals surface area contributed by atoms with Crippen molar-refractivity contribution in [3.63, 3.8) is 0 Å². The number of hydrogen-bond acceptors (Lipinski definition) is 3. The van der Waals surface area contributed by atoms with Crippen LogP contribution in [0.2, 0.25) is 0 Å². The third kappa shape index (κ3) is 3.73. The number of carbonyl (C=O) groups is 1. The Labute approximate surface area is 121 Å². The van der Waals surface area contributed by atoms with Crippen LogP contribution < -0.4 is 0 Å². The number of amides is 1. The molecule has 5 nitrogen and oxygen atoms in total. The summed E-state index contributed by atoms with van der Waals surface area (Å²) in [6, 6.07) is 0.375. The van der Waals surface area contributed by atoms with Gasteiger partial charge in [0.15, 0.2) is 5.70 Å². The van der Waals surface area contributed by atoms with Crippen LogP contribution in [0.4, 0.5) is 4.79 Å². The maximum absolute atomic E-state index is 12.0. The van der Waals surface area contributed by atoms with Crippen LogP contribution in [-0.2, 0) is 4.74 Å². The molecule has 1 saturated heterocycles. The molecule has 1 fully saturated rings. The molecular weight excluding hydrogens is 254 g/mol. The van der Waals surface area contributed by atoms with Gasteiger partial charge in [-0.05, 0) is 33.6 Å². The first kappa shape index (κ1) is 14.9. The first-order valence-corrected chi connectivity index (χ1v) is 7.19. The van der Waals surface area contributed by atoms with E-state index in [4.69, 9.17) is 11.3 Å². The zero-order valence-electron chi connectivity index (χ0n) is 12.6. The fraction of sp³-hybridized carbons (Fsp3) is 0.733. The monoisotopic (exact) mass is 277 g/mol. The number of carbonyl (C=O) groups excluding carboxylic acids is 1. The van der Waals surface area contributed by atoms with Crippen LogP contribution in [-0.4, -0.2) is 53.7 Å². The highest BCUT2D eigenvalue weighted by Crippen LogP contribution is 2.24. The summed E-state index contributed by atoms with van der Waals surface area (Å²) in [7, 11) is 0. The lowest BCUT2D eigenvalue weighted by Gasteiger charge is -2.38. The van der Waals surface area contributed by atoms with Gasteiger partial charge in [-0.1, -0.05) is 6.08 Å². The number of hydrogen-bond donors (Lipinski definition) is 0. The number of rotatable bonds is 1. The van der Waals surface area contributed by atoms with E-state index >= 15 is 0 Å². The lowest BCUT2D eigenvalue weighted by molar-refractivity contribution is 0.0123. The normalized spacial score (nSPS) is 24.2. The summed E-state index contributed by atoms with van der Waals surface area (Å²) >= 11 is 0. The van der Waals surface area contributed by atoms with Gasteiger partial charge in [-0.25, -0.2) is 9.64 Å². The summed E-state index contributed by atoms with van der Waals surface area (Å²) in [6.45, 7) is 15.8. The van der Waals surface area contributed by atoms with Crippen LogP contribution in [0.15, 0.2) is 11.8 Å². The van der Waals surface area contributed by atoms with Crippen molar-refractivity contribution in [2.75, 3.05) is 26.2 Å². The van der Waals surface area contributed by atoms with Crippen LogP contribution in [0.25, 0.3) is 4.85 Å². The minimum atomic E-state index is -0.438. The maximum Gasteiger partial charge on any atom is 0.410 e. The van der Waals surface area contributed by atoms with Crippen molar-refractivity contribution in [2.45, 2.75) is 45.3 Å². The lowest BCUT2D eigenvalue weighted by Crippen LogP contribution is -2.52. The molecule has 5 heteroatoms. The second-order valence-electron chi connectivity index (χ2n) is 6.38. The van der Waals surface area contributed by atoms with Gasteiger partial charge < -0.3 is 9.64 Å². The van der Waals surface area contributed by atoms with Gasteiger partial charge in [-0.15, -0.1) is 0 Å². The summed E-state index contributed by atoms with van der Waals surface area (Å²) in [6.07, 6.45) is 3.78. The highest BCUT2D eigenvalue weighted by atomic mass is 16.6. The van der Waals surface area contributed by atoms with Gasteiger partial charge in [0.2, 0.25) is 0 Å². The molecular formula is C15H23N3O2. The number of allylic oxidation sites excluding steroid dienone is 1. The Hall–Kier alpha value is -1.54. The van der Waals surface area contributed by atoms with Crippen molar-refractivity contribution in [1.29, 1.82) is 0 Å². The van der Waals surface area contributed by atoms with E-state index in [0.717, 1.165) is 31.6 Å². The third-order valence-electron chi connectivity index (χ3n) is 3.66. The van der Waals surface area contributed by atoms with Crippen LogP contribution in [0.3, 0.4) is 0 Å². The molecule has 20 heavy (non-hydrogen) atoms. The molecule has 0 radical (unpaired) electrons. The Morgan fingerprint density at radius 2 is 2.00 bits per heavy atom. The molecule has 1 aliphatic heterocycles. The topological polar surface area (TPSA) is 37.1 Å². The average molecular weight is 277 g/mol. The molecule has 0 bridgehead atoms. The summed E-state index contributed by atoms with van der Waals surface area (Å²) in [5.74, 6) is 0. The molecule has 1 atom stereocenters. The fourth-order valence-electron chi connectivity index (χ4n) is 2.63. The van der Waals surface area contributed by atoms with Gasteiger partial charge in [-0.3, -0.25) is 4.90 Å². The van der Waals surface area contributed by atoms with E-state index in [1.807, 2.05) is 20.8 Å². The van der Waals surface area contributed by atoms with Crippen LogP contribution in [0.1, 0.15) is 33.6 Å². The highest BCUT2D eigenvalue weighted by Gasteiger charge is 2.29. The zero-order chi connectivity index (χ0) is 14.8. The molecule has 1 heterocycles. The van der Waals surface area contributed by atoms with Gasteiger partial charge in [0, 0.05) is 32.2 Å². The third-order valence-corrected chi connectivity index (χ3v) is 3.66. The van der Waals surface area contributed by atoms with E-state index in [9.17, 15) is 4.79 Å². The Morgan fingerprint density at radius 3 is 2.50 bits per heavy atom. The second-order valence-corrected chi connectivity index (χ2v) is 6.38. The van der Waals surface area contributed by atoms with Gasteiger partial charge >= 0.3 is 6.09 Å². The Kier molecular flexibility index (Phi) is 4.34. The molecule has 0 aromatic heterocycles. The summed E-state index contributed by atoms with van der Waals surface area (Å²) in [5.41, 5.74) is 0.442. The minimum absolute atomic E-state index is 0.221. The number of ether oxygens (including phenoxy) is 1. The first-order chi connectivity index (χ1) is 9.39. The lowest BCUT2D eigenvalue weighted by atomic mass is 10.2. The smallest absolute Gasteiger partial charge is 0.410 e. The molecule has 0 unspecified atom stereocenters. The van der Waals surface area contributed by atoms with Crippen LogP contribution >= 0.6 is 0 Å². The van der Waals surface area contributed by atoms with Crippen molar-refractivity contribution < 1.29 is 9.53 Å². The Bertz CT molecular complexity index is 437. The summed E-state index contributed by atoms with van der Waals surface area (Å²) in [5, 5.41) is 0. The molecule has 2 aliphatic rings. The SMILES string of the molecule is [C-]#[N+]C1=C[C@H](N2CCN(C(=O)OC(C)(C)C)CC2)CC1. The van der Waals surface area contributed by atoms with Gasteiger partial charge in [-0.2, -0.15) is 0 Å².